The molecule has 0 aromatic heterocycles. The second kappa shape index (κ2) is 6.06. The molecule has 104 valence electrons. The predicted molar refractivity (Wildman–Crippen MR) is 77.8 cm³/mol. The number of nitrogens with two attached hydrogens (primary N) is 1. The first kappa shape index (κ1) is 13.9. The van der Waals surface area contributed by atoms with Crippen LogP contribution in [0, 0.1) is 5.82 Å². The number of urea groups is 1. The van der Waals surface area contributed by atoms with Gasteiger partial charge in [-0.25, -0.2) is 9.18 Å². The highest BCUT2D eigenvalue weighted by Crippen LogP contribution is 2.19. The van der Waals surface area contributed by atoms with Crippen LogP contribution in [0.5, 0.6) is 0 Å². The highest BCUT2D eigenvalue weighted by atomic mass is 19.1. The lowest BCUT2D eigenvalue weighted by molar-refractivity contribution is 0.249. The van der Waals surface area contributed by atoms with Crippen molar-refractivity contribution in [3.63, 3.8) is 0 Å². The molecule has 0 bridgehead atoms. The van der Waals surface area contributed by atoms with Gasteiger partial charge in [0.2, 0.25) is 0 Å². The summed E-state index contributed by atoms with van der Waals surface area (Å²) in [5.74, 6) is -0.346. The van der Waals surface area contributed by atoms with Gasteiger partial charge < -0.3 is 16.4 Å². The molecule has 0 aliphatic rings. The Kier molecular flexibility index (Phi) is 4.20. The Balaban J connectivity index is 1.98. The molecule has 0 saturated carbocycles. The Morgan fingerprint density at radius 3 is 2.45 bits per heavy atom. The third-order valence-electron chi connectivity index (χ3n) is 2.91. The highest BCUT2D eigenvalue weighted by Gasteiger charge is 2.11. The molecular formula is C15H16FN3O. The van der Waals surface area contributed by atoms with Crippen LogP contribution >= 0.6 is 0 Å². The zero-order valence-corrected chi connectivity index (χ0v) is 11.1. The van der Waals surface area contributed by atoms with E-state index in [0.29, 0.717) is 11.4 Å². The summed E-state index contributed by atoms with van der Waals surface area (Å²) in [5.41, 5.74) is 7.85. The van der Waals surface area contributed by atoms with E-state index < -0.39 is 0 Å². The van der Waals surface area contributed by atoms with Gasteiger partial charge in [-0.05, 0) is 42.8 Å². The van der Waals surface area contributed by atoms with E-state index in [-0.39, 0.29) is 17.9 Å². The normalized spacial score (nSPS) is 11.7. The number of nitrogens with one attached hydrogen (secondary N) is 2. The van der Waals surface area contributed by atoms with E-state index in [9.17, 15) is 9.18 Å². The highest BCUT2D eigenvalue weighted by molar-refractivity contribution is 5.89. The van der Waals surface area contributed by atoms with Crippen LogP contribution in [0.2, 0.25) is 0 Å². The van der Waals surface area contributed by atoms with Gasteiger partial charge >= 0.3 is 6.03 Å². The fraction of sp³-hybridized carbons (Fsp3) is 0.133. The Hall–Kier alpha value is -2.56. The Labute approximate surface area is 116 Å². The van der Waals surface area contributed by atoms with E-state index in [1.165, 1.54) is 24.3 Å². The van der Waals surface area contributed by atoms with Gasteiger partial charge in [-0.3, -0.25) is 0 Å². The Morgan fingerprint density at radius 2 is 1.80 bits per heavy atom. The molecule has 0 spiro atoms. The first-order valence-corrected chi connectivity index (χ1v) is 6.24. The zero-order chi connectivity index (χ0) is 14.5. The third kappa shape index (κ3) is 3.47. The topological polar surface area (TPSA) is 67.2 Å². The molecule has 1 atom stereocenters. The van der Waals surface area contributed by atoms with Crippen LogP contribution in [-0.2, 0) is 0 Å². The minimum absolute atomic E-state index is 0.225. The first-order valence-electron chi connectivity index (χ1n) is 6.24. The van der Waals surface area contributed by atoms with Gasteiger partial charge in [-0.1, -0.05) is 18.2 Å². The molecule has 2 rings (SSSR count). The number of carbonyl (C=O) groups is 1. The van der Waals surface area contributed by atoms with Crippen LogP contribution in [0.25, 0.3) is 0 Å². The van der Waals surface area contributed by atoms with E-state index >= 15 is 0 Å². The summed E-state index contributed by atoms with van der Waals surface area (Å²) >= 11 is 0. The molecule has 4 N–H and O–H groups in total. The number of halogens is 1. The summed E-state index contributed by atoms with van der Waals surface area (Å²) in [6.45, 7) is 1.84. The lowest BCUT2D eigenvalue weighted by Crippen LogP contribution is -2.31. The SMILES string of the molecule is CC(NC(=O)Nc1ccc(F)cc1)c1ccccc1N. The molecule has 1 unspecified atom stereocenters. The number of rotatable bonds is 3. The van der Waals surface area contributed by atoms with Crippen LogP contribution in [0.1, 0.15) is 18.5 Å². The molecule has 4 nitrogen and oxygen atoms in total. The van der Waals surface area contributed by atoms with Gasteiger partial charge in [0, 0.05) is 11.4 Å². The van der Waals surface area contributed by atoms with E-state index in [1.54, 1.807) is 6.07 Å². The van der Waals surface area contributed by atoms with Crippen LogP contribution in [0.4, 0.5) is 20.6 Å². The standard InChI is InChI=1S/C15H16FN3O/c1-10(13-4-2-3-5-14(13)17)18-15(20)19-12-8-6-11(16)7-9-12/h2-10H,17H2,1H3,(H2,18,19,20). The maximum atomic E-state index is 12.8. The van der Waals surface area contributed by atoms with E-state index in [2.05, 4.69) is 10.6 Å². The van der Waals surface area contributed by atoms with Crippen molar-refractivity contribution >= 4 is 17.4 Å². The molecule has 0 heterocycles. The zero-order valence-electron chi connectivity index (χ0n) is 11.1. The molecule has 2 aromatic carbocycles. The third-order valence-corrected chi connectivity index (χ3v) is 2.91. The molecule has 0 fully saturated rings. The van der Waals surface area contributed by atoms with Gasteiger partial charge in [0.25, 0.3) is 0 Å². The van der Waals surface area contributed by atoms with Crippen molar-refractivity contribution in [1.29, 1.82) is 0 Å². The van der Waals surface area contributed by atoms with Gasteiger partial charge in [-0.15, -0.1) is 0 Å². The second-order valence-electron chi connectivity index (χ2n) is 4.46. The van der Waals surface area contributed by atoms with Gasteiger partial charge in [0.1, 0.15) is 5.82 Å². The van der Waals surface area contributed by atoms with Crippen LogP contribution in [-0.4, -0.2) is 6.03 Å². The summed E-state index contributed by atoms with van der Waals surface area (Å²) < 4.78 is 12.8. The molecular weight excluding hydrogens is 257 g/mol. The van der Waals surface area contributed by atoms with Crippen molar-refractivity contribution in [3.8, 4) is 0 Å². The van der Waals surface area contributed by atoms with Gasteiger partial charge in [0.15, 0.2) is 0 Å². The van der Waals surface area contributed by atoms with Crippen LogP contribution in [0.3, 0.4) is 0 Å². The molecule has 0 radical (unpaired) electrons. The van der Waals surface area contributed by atoms with Crippen molar-refractivity contribution in [2.75, 3.05) is 11.1 Å². The van der Waals surface area contributed by atoms with E-state index in [1.807, 2.05) is 25.1 Å². The van der Waals surface area contributed by atoms with Crippen LogP contribution in [0.15, 0.2) is 48.5 Å². The van der Waals surface area contributed by atoms with E-state index in [4.69, 9.17) is 5.73 Å². The Morgan fingerprint density at radius 1 is 1.15 bits per heavy atom. The molecule has 0 saturated heterocycles. The maximum Gasteiger partial charge on any atom is 0.319 e. The van der Waals surface area contributed by atoms with Crippen LogP contribution < -0.4 is 16.4 Å². The lowest BCUT2D eigenvalue weighted by Gasteiger charge is -2.16. The predicted octanol–water partition coefficient (Wildman–Crippen LogP) is 3.29. The molecule has 0 aliphatic carbocycles. The summed E-state index contributed by atoms with van der Waals surface area (Å²) in [5, 5.41) is 5.41. The summed E-state index contributed by atoms with van der Waals surface area (Å²) in [6.07, 6.45) is 0. The largest absolute Gasteiger partial charge is 0.398 e. The number of amides is 2. The number of nitrogen functional groups attached to an aromatic ring is 1. The fourth-order valence-corrected chi connectivity index (χ4v) is 1.88. The molecule has 5 heteroatoms. The summed E-state index contributed by atoms with van der Waals surface area (Å²) in [4.78, 5) is 11.8. The number of carbonyl (C=O) groups excluding carboxylic acids is 1. The van der Waals surface area contributed by atoms with Gasteiger partial charge in [-0.2, -0.15) is 0 Å². The number of hydrogen-bond donors (Lipinski definition) is 3. The average Bonchev–Trinajstić information content (AvgIpc) is 2.41. The van der Waals surface area contributed by atoms with Crippen molar-refractivity contribution in [2.24, 2.45) is 0 Å². The van der Waals surface area contributed by atoms with Gasteiger partial charge in [0.05, 0.1) is 6.04 Å². The van der Waals surface area contributed by atoms with Crippen molar-refractivity contribution in [2.45, 2.75) is 13.0 Å². The number of anilines is 2. The van der Waals surface area contributed by atoms with Crippen molar-refractivity contribution in [3.05, 3.63) is 59.9 Å². The number of para-hydroxylation sites is 1. The molecule has 2 amide bonds. The summed E-state index contributed by atoms with van der Waals surface area (Å²) in [6, 6.07) is 12.3. The molecule has 2 aromatic rings. The van der Waals surface area contributed by atoms with Crippen molar-refractivity contribution in [1.82, 2.24) is 5.32 Å². The number of benzene rings is 2. The summed E-state index contributed by atoms with van der Waals surface area (Å²) in [7, 11) is 0. The molecule has 20 heavy (non-hydrogen) atoms. The smallest absolute Gasteiger partial charge is 0.319 e. The average molecular weight is 273 g/mol. The molecule has 0 aliphatic heterocycles. The number of hydrogen-bond acceptors (Lipinski definition) is 2. The van der Waals surface area contributed by atoms with E-state index in [0.717, 1.165) is 5.56 Å². The minimum Gasteiger partial charge on any atom is -0.398 e. The monoisotopic (exact) mass is 273 g/mol. The fourth-order valence-electron chi connectivity index (χ4n) is 1.88. The lowest BCUT2D eigenvalue weighted by atomic mass is 10.1. The first-order chi connectivity index (χ1) is 9.56. The maximum absolute atomic E-state index is 12.8. The van der Waals surface area contributed by atoms with Crippen molar-refractivity contribution < 1.29 is 9.18 Å². The Bertz CT molecular complexity index is 598. The minimum atomic E-state index is -0.368. The quantitative estimate of drug-likeness (QED) is 0.751. The second-order valence-corrected chi connectivity index (χ2v) is 4.46.